The van der Waals surface area contributed by atoms with Crippen LogP contribution in [0.25, 0.3) is 6.08 Å². The van der Waals surface area contributed by atoms with Gasteiger partial charge in [-0.2, -0.15) is 0 Å². The van der Waals surface area contributed by atoms with Crippen LogP contribution in [0, 0.1) is 0 Å². The Hall–Kier alpha value is -1.09. The first-order valence-corrected chi connectivity index (χ1v) is 4.31. The van der Waals surface area contributed by atoms with Gasteiger partial charge in [0.25, 0.3) is 0 Å². The summed E-state index contributed by atoms with van der Waals surface area (Å²) in [6.45, 7) is 4.79. The third kappa shape index (κ3) is 1.28. The Morgan fingerprint density at radius 2 is 2.58 bits per heavy atom. The van der Waals surface area contributed by atoms with Gasteiger partial charge in [0, 0.05) is 0 Å². The SMILES string of the molecule is C=Cc1cnc(C2CCCN2)[nH]1. The number of rotatable bonds is 2. The summed E-state index contributed by atoms with van der Waals surface area (Å²) in [5.74, 6) is 1.04. The van der Waals surface area contributed by atoms with Crippen molar-refractivity contribution in [2.75, 3.05) is 6.54 Å². The predicted molar refractivity (Wildman–Crippen MR) is 48.7 cm³/mol. The molecule has 1 fully saturated rings. The van der Waals surface area contributed by atoms with Gasteiger partial charge < -0.3 is 10.3 Å². The second kappa shape index (κ2) is 3.11. The van der Waals surface area contributed by atoms with Gasteiger partial charge in [-0.25, -0.2) is 4.98 Å². The van der Waals surface area contributed by atoms with Gasteiger partial charge in [-0.1, -0.05) is 6.58 Å². The van der Waals surface area contributed by atoms with Crippen LogP contribution in [0.2, 0.25) is 0 Å². The molecule has 0 bridgehead atoms. The maximum absolute atomic E-state index is 4.28. The van der Waals surface area contributed by atoms with Gasteiger partial charge in [0.15, 0.2) is 0 Å². The molecule has 3 heteroatoms. The largest absolute Gasteiger partial charge is 0.341 e. The normalized spacial score (nSPS) is 22.8. The molecule has 1 atom stereocenters. The fraction of sp³-hybridized carbons (Fsp3) is 0.444. The van der Waals surface area contributed by atoms with E-state index in [1.165, 1.54) is 12.8 Å². The molecule has 0 saturated carbocycles. The summed E-state index contributed by atoms with van der Waals surface area (Å²) in [6, 6.07) is 0.429. The van der Waals surface area contributed by atoms with Crippen LogP contribution in [-0.2, 0) is 0 Å². The quantitative estimate of drug-likeness (QED) is 0.693. The maximum atomic E-state index is 4.28. The Kier molecular flexibility index (Phi) is 1.96. The van der Waals surface area contributed by atoms with Crippen molar-refractivity contribution in [3.63, 3.8) is 0 Å². The average molecular weight is 163 g/mol. The van der Waals surface area contributed by atoms with Crippen molar-refractivity contribution in [3.8, 4) is 0 Å². The molecule has 1 saturated heterocycles. The van der Waals surface area contributed by atoms with E-state index in [1.54, 1.807) is 6.08 Å². The van der Waals surface area contributed by atoms with Crippen molar-refractivity contribution >= 4 is 6.08 Å². The molecule has 1 aromatic rings. The summed E-state index contributed by atoms with van der Waals surface area (Å²) in [5, 5.41) is 3.38. The lowest BCUT2D eigenvalue weighted by molar-refractivity contribution is 0.612. The lowest BCUT2D eigenvalue weighted by Crippen LogP contribution is -2.14. The fourth-order valence-electron chi connectivity index (χ4n) is 1.55. The number of aromatic amines is 1. The van der Waals surface area contributed by atoms with Crippen molar-refractivity contribution in [3.05, 3.63) is 24.3 Å². The zero-order valence-corrected chi connectivity index (χ0v) is 7.01. The third-order valence-corrected chi connectivity index (χ3v) is 2.23. The lowest BCUT2D eigenvalue weighted by atomic mass is 10.2. The van der Waals surface area contributed by atoms with Crippen LogP contribution in [0.15, 0.2) is 12.8 Å². The van der Waals surface area contributed by atoms with Crippen LogP contribution in [-0.4, -0.2) is 16.5 Å². The highest BCUT2D eigenvalue weighted by Crippen LogP contribution is 2.19. The van der Waals surface area contributed by atoms with E-state index in [0.29, 0.717) is 6.04 Å². The van der Waals surface area contributed by atoms with Gasteiger partial charge in [0.1, 0.15) is 5.82 Å². The highest BCUT2D eigenvalue weighted by Gasteiger charge is 2.18. The number of nitrogens with one attached hydrogen (secondary N) is 2. The van der Waals surface area contributed by atoms with Gasteiger partial charge in [-0.3, -0.25) is 0 Å². The summed E-state index contributed by atoms with van der Waals surface area (Å²) in [5.41, 5.74) is 0.999. The first kappa shape index (κ1) is 7.55. The molecule has 12 heavy (non-hydrogen) atoms. The molecular weight excluding hydrogens is 150 g/mol. The zero-order chi connectivity index (χ0) is 8.39. The molecule has 2 rings (SSSR count). The van der Waals surface area contributed by atoms with Gasteiger partial charge in [0.05, 0.1) is 17.9 Å². The minimum absolute atomic E-state index is 0.429. The molecule has 0 aromatic carbocycles. The van der Waals surface area contributed by atoms with E-state index >= 15 is 0 Å². The summed E-state index contributed by atoms with van der Waals surface area (Å²) in [6.07, 6.45) is 6.03. The maximum Gasteiger partial charge on any atom is 0.123 e. The molecule has 1 aliphatic heterocycles. The van der Waals surface area contributed by atoms with E-state index in [2.05, 4.69) is 21.9 Å². The molecule has 1 aliphatic rings. The zero-order valence-electron chi connectivity index (χ0n) is 7.01. The van der Waals surface area contributed by atoms with E-state index in [9.17, 15) is 0 Å². The molecule has 64 valence electrons. The van der Waals surface area contributed by atoms with Gasteiger partial charge in [-0.15, -0.1) is 0 Å². The Balaban J connectivity index is 2.16. The van der Waals surface area contributed by atoms with Crippen molar-refractivity contribution in [2.45, 2.75) is 18.9 Å². The van der Waals surface area contributed by atoms with Crippen molar-refractivity contribution in [2.24, 2.45) is 0 Å². The van der Waals surface area contributed by atoms with Crippen LogP contribution >= 0.6 is 0 Å². The van der Waals surface area contributed by atoms with E-state index in [1.807, 2.05) is 6.20 Å². The Morgan fingerprint density at radius 3 is 3.17 bits per heavy atom. The monoisotopic (exact) mass is 163 g/mol. The molecule has 0 radical (unpaired) electrons. The Morgan fingerprint density at radius 1 is 1.67 bits per heavy atom. The molecule has 1 unspecified atom stereocenters. The van der Waals surface area contributed by atoms with Crippen molar-refractivity contribution < 1.29 is 0 Å². The summed E-state index contributed by atoms with van der Waals surface area (Å²) in [4.78, 5) is 7.49. The number of H-pyrrole nitrogens is 1. The molecule has 0 aliphatic carbocycles. The van der Waals surface area contributed by atoms with E-state index in [-0.39, 0.29) is 0 Å². The summed E-state index contributed by atoms with van der Waals surface area (Å²) < 4.78 is 0. The lowest BCUT2D eigenvalue weighted by Gasteiger charge is -2.04. The topological polar surface area (TPSA) is 40.7 Å². The minimum Gasteiger partial charge on any atom is -0.341 e. The average Bonchev–Trinajstić information content (AvgIpc) is 2.75. The Bertz CT molecular complexity index is 271. The second-order valence-corrected chi connectivity index (χ2v) is 3.08. The second-order valence-electron chi connectivity index (χ2n) is 3.08. The molecule has 1 aromatic heterocycles. The van der Waals surface area contributed by atoms with Crippen LogP contribution in [0.3, 0.4) is 0 Å². The predicted octanol–water partition coefficient (Wildman–Crippen LogP) is 1.48. The first-order chi connectivity index (χ1) is 5.90. The Labute approximate surface area is 71.9 Å². The van der Waals surface area contributed by atoms with Crippen LogP contribution < -0.4 is 5.32 Å². The van der Waals surface area contributed by atoms with Gasteiger partial charge in [-0.05, 0) is 25.5 Å². The molecule has 0 spiro atoms. The molecule has 2 heterocycles. The number of imidazole rings is 1. The smallest absolute Gasteiger partial charge is 0.123 e. The molecular formula is C9H13N3. The van der Waals surface area contributed by atoms with Crippen LogP contribution in [0.4, 0.5) is 0 Å². The number of nitrogens with zero attached hydrogens (tertiary/aromatic N) is 1. The van der Waals surface area contributed by atoms with Crippen LogP contribution in [0.1, 0.15) is 30.4 Å². The highest BCUT2D eigenvalue weighted by molar-refractivity contribution is 5.40. The minimum atomic E-state index is 0.429. The van der Waals surface area contributed by atoms with Crippen LogP contribution in [0.5, 0.6) is 0 Å². The summed E-state index contributed by atoms with van der Waals surface area (Å²) >= 11 is 0. The molecule has 3 nitrogen and oxygen atoms in total. The number of hydrogen-bond donors (Lipinski definition) is 2. The van der Waals surface area contributed by atoms with E-state index in [0.717, 1.165) is 18.1 Å². The van der Waals surface area contributed by atoms with Crippen molar-refractivity contribution in [1.82, 2.24) is 15.3 Å². The van der Waals surface area contributed by atoms with Gasteiger partial charge in [0.2, 0.25) is 0 Å². The number of hydrogen-bond acceptors (Lipinski definition) is 2. The fourth-order valence-corrected chi connectivity index (χ4v) is 1.55. The van der Waals surface area contributed by atoms with Gasteiger partial charge >= 0.3 is 0 Å². The van der Waals surface area contributed by atoms with E-state index in [4.69, 9.17) is 0 Å². The highest BCUT2D eigenvalue weighted by atomic mass is 15.0. The third-order valence-electron chi connectivity index (χ3n) is 2.23. The van der Waals surface area contributed by atoms with E-state index < -0.39 is 0 Å². The van der Waals surface area contributed by atoms with Crippen molar-refractivity contribution in [1.29, 1.82) is 0 Å². The number of aromatic nitrogens is 2. The molecule has 2 N–H and O–H groups in total. The molecule has 0 amide bonds. The summed E-state index contributed by atoms with van der Waals surface area (Å²) in [7, 11) is 0. The first-order valence-electron chi connectivity index (χ1n) is 4.31. The standard InChI is InChI=1S/C9H13N3/c1-2-7-6-11-9(12-7)8-4-3-5-10-8/h2,6,8,10H,1,3-5H2,(H,11,12).